The topological polar surface area (TPSA) is 35.0 Å². The molecule has 0 N–H and O–H groups in total. The standard InChI is InChI=1S/C21H25N3.C13H24N2.C2H6/c1-15(2)21(22-4)20-11-18(7-6-16(20)3)19-10-17(12-23-13-19)14-24-8-5-9-24;1-7-12(2)8-9-13(3)15(6)11-10-14(4)5;1-2/h6-7,10-13H,1,5,8-9,14H2,2-4H3;7-9H,3,10-11H2,1-2,4-6H3;1-2H3/b;9-8-,12-7-;. The van der Waals surface area contributed by atoms with Gasteiger partial charge in [-0.15, -0.1) is 0 Å². The van der Waals surface area contributed by atoms with E-state index < -0.39 is 0 Å². The van der Waals surface area contributed by atoms with E-state index in [2.05, 4.69) is 115 Å². The van der Waals surface area contributed by atoms with E-state index >= 15 is 0 Å². The van der Waals surface area contributed by atoms with Crippen LogP contribution in [0.25, 0.3) is 11.1 Å². The summed E-state index contributed by atoms with van der Waals surface area (Å²) in [5.41, 5.74) is 10.3. The van der Waals surface area contributed by atoms with Crippen molar-refractivity contribution in [3.05, 3.63) is 102 Å². The SMILES string of the molecule is C=C(/C=C\C(C)=C/C)N(C)CCN(C)C.C=C(C)C(=NC)c1cc(-c2cncc(CN3CCC3)c2)ccc1C.CC. The number of likely N-dealkylation sites (N-methyl/N-ethyl adjacent to an activating group) is 2. The molecule has 1 saturated heterocycles. The highest BCUT2D eigenvalue weighted by Crippen LogP contribution is 2.25. The summed E-state index contributed by atoms with van der Waals surface area (Å²) in [5.74, 6) is 0. The maximum atomic E-state index is 4.45. The second-order valence-corrected chi connectivity index (χ2v) is 10.7. The monoisotopic (exact) mass is 557 g/mol. The van der Waals surface area contributed by atoms with Crippen molar-refractivity contribution >= 4 is 5.71 Å². The van der Waals surface area contributed by atoms with Gasteiger partial charge in [-0.1, -0.05) is 56.9 Å². The molecule has 41 heavy (non-hydrogen) atoms. The molecule has 5 heteroatoms. The lowest BCUT2D eigenvalue weighted by Crippen LogP contribution is -2.36. The van der Waals surface area contributed by atoms with Crippen LogP contribution in [0, 0.1) is 6.92 Å². The molecule has 3 rings (SSSR count). The Morgan fingerprint density at radius 3 is 2.22 bits per heavy atom. The minimum atomic E-state index is 0.971. The molecule has 2 heterocycles. The molecule has 224 valence electrons. The first-order valence-corrected chi connectivity index (χ1v) is 14.8. The minimum Gasteiger partial charge on any atom is -0.374 e. The molecule has 1 fully saturated rings. The highest BCUT2D eigenvalue weighted by Gasteiger charge is 2.15. The summed E-state index contributed by atoms with van der Waals surface area (Å²) in [6.07, 6.45) is 11.5. The van der Waals surface area contributed by atoms with Crippen molar-refractivity contribution in [3.8, 4) is 11.1 Å². The van der Waals surface area contributed by atoms with E-state index in [4.69, 9.17) is 0 Å². The molecule has 1 aliphatic rings. The van der Waals surface area contributed by atoms with Gasteiger partial charge in [0.15, 0.2) is 0 Å². The van der Waals surface area contributed by atoms with Crippen LogP contribution in [0.15, 0.2) is 89.9 Å². The Morgan fingerprint density at radius 1 is 1.00 bits per heavy atom. The third-order valence-electron chi connectivity index (χ3n) is 6.97. The second kappa shape index (κ2) is 19.0. The van der Waals surface area contributed by atoms with Gasteiger partial charge in [-0.25, -0.2) is 0 Å². The first-order valence-electron chi connectivity index (χ1n) is 14.8. The molecule has 0 unspecified atom stereocenters. The quantitative estimate of drug-likeness (QED) is 0.209. The van der Waals surface area contributed by atoms with E-state index in [9.17, 15) is 0 Å². The smallest absolute Gasteiger partial charge is 0.0669 e. The van der Waals surface area contributed by atoms with Crippen LogP contribution >= 0.6 is 0 Å². The van der Waals surface area contributed by atoms with E-state index in [1.54, 1.807) is 0 Å². The Labute approximate surface area is 251 Å². The predicted molar refractivity (Wildman–Crippen MR) is 182 cm³/mol. The molecule has 0 aliphatic carbocycles. The lowest BCUT2D eigenvalue weighted by atomic mass is 9.95. The third-order valence-corrected chi connectivity index (χ3v) is 6.97. The maximum absolute atomic E-state index is 4.45. The largest absolute Gasteiger partial charge is 0.374 e. The van der Waals surface area contributed by atoms with Crippen LogP contribution in [0.1, 0.15) is 57.7 Å². The zero-order chi connectivity index (χ0) is 30.9. The summed E-state index contributed by atoms with van der Waals surface area (Å²) in [4.78, 5) is 15.7. The van der Waals surface area contributed by atoms with Crippen LogP contribution in [0.5, 0.6) is 0 Å². The first-order chi connectivity index (χ1) is 19.5. The van der Waals surface area contributed by atoms with Gasteiger partial charge in [0.05, 0.1) is 5.71 Å². The van der Waals surface area contributed by atoms with Gasteiger partial charge in [0.1, 0.15) is 0 Å². The van der Waals surface area contributed by atoms with Crippen molar-refractivity contribution in [1.82, 2.24) is 19.7 Å². The molecule has 1 aromatic heterocycles. The highest BCUT2D eigenvalue weighted by molar-refractivity contribution is 6.13. The zero-order valence-corrected chi connectivity index (χ0v) is 27.6. The fourth-order valence-electron chi connectivity index (χ4n) is 4.07. The molecule has 0 saturated carbocycles. The fourth-order valence-corrected chi connectivity index (χ4v) is 4.07. The Morgan fingerprint density at radius 2 is 1.68 bits per heavy atom. The number of aromatic nitrogens is 1. The second-order valence-electron chi connectivity index (χ2n) is 10.7. The summed E-state index contributed by atoms with van der Waals surface area (Å²) in [5, 5.41) is 0. The van der Waals surface area contributed by atoms with Crippen LogP contribution < -0.4 is 0 Å². The number of aliphatic imine (C=N–C) groups is 1. The van der Waals surface area contributed by atoms with E-state index in [1.807, 2.05) is 47.1 Å². The third kappa shape index (κ3) is 12.4. The van der Waals surface area contributed by atoms with Gasteiger partial charge < -0.3 is 9.80 Å². The lowest BCUT2D eigenvalue weighted by molar-refractivity contribution is 0.172. The maximum Gasteiger partial charge on any atom is 0.0669 e. The molecule has 0 radical (unpaired) electrons. The number of rotatable bonds is 11. The van der Waals surface area contributed by atoms with Gasteiger partial charge in [-0.05, 0) is 102 Å². The minimum absolute atomic E-state index is 0.971. The summed E-state index contributed by atoms with van der Waals surface area (Å²) in [6, 6.07) is 8.77. The summed E-state index contributed by atoms with van der Waals surface area (Å²) >= 11 is 0. The number of allylic oxidation sites excluding steroid dienone is 5. The van der Waals surface area contributed by atoms with Crippen molar-refractivity contribution < 1.29 is 0 Å². The number of nitrogens with zero attached hydrogens (tertiary/aromatic N) is 5. The number of pyridine rings is 1. The van der Waals surface area contributed by atoms with Crippen molar-refractivity contribution in [2.45, 2.75) is 54.5 Å². The number of hydrogen-bond donors (Lipinski definition) is 0. The number of aryl methyl sites for hydroxylation is 1. The molecule has 2 aromatic rings. The Balaban J connectivity index is 0.000000429. The fraction of sp³-hybridized carbons (Fsp3) is 0.444. The number of benzene rings is 1. The molecule has 0 amide bonds. The van der Waals surface area contributed by atoms with Crippen molar-refractivity contribution in [1.29, 1.82) is 0 Å². The molecule has 5 nitrogen and oxygen atoms in total. The van der Waals surface area contributed by atoms with E-state index in [0.717, 1.165) is 47.7 Å². The number of likely N-dealkylation sites (tertiary alicyclic amines) is 1. The molecule has 1 aromatic carbocycles. The van der Waals surface area contributed by atoms with Gasteiger partial charge in [0.2, 0.25) is 0 Å². The predicted octanol–water partition coefficient (Wildman–Crippen LogP) is 7.80. The summed E-state index contributed by atoms with van der Waals surface area (Å²) in [7, 11) is 8.05. The Bertz CT molecular complexity index is 1200. The highest BCUT2D eigenvalue weighted by atomic mass is 15.2. The lowest BCUT2D eigenvalue weighted by Gasteiger charge is -2.30. The molecule has 1 aliphatic heterocycles. The van der Waals surface area contributed by atoms with Crippen molar-refractivity contribution in [2.75, 3.05) is 54.4 Å². The van der Waals surface area contributed by atoms with Gasteiger partial charge in [0.25, 0.3) is 0 Å². The van der Waals surface area contributed by atoms with Crippen molar-refractivity contribution in [2.24, 2.45) is 4.99 Å². The molecule has 0 spiro atoms. The van der Waals surface area contributed by atoms with E-state index in [1.165, 1.54) is 41.8 Å². The first kappa shape index (κ1) is 35.7. The summed E-state index contributed by atoms with van der Waals surface area (Å²) < 4.78 is 0. The molecular formula is C36H55N5. The zero-order valence-electron chi connectivity index (χ0n) is 27.6. The van der Waals surface area contributed by atoms with Crippen LogP contribution in [-0.2, 0) is 6.54 Å². The van der Waals surface area contributed by atoms with Gasteiger partial charge in [-0.3, -0.25) is 14.9 Å². The van der Waals surface area contributed by atoms with E-state index in [0.29, 0.717) is 0 Å². The Hall–Kier alpha value is -3.28. The average molecular weight is 558 g/mol. The average Bonchev–Trinajstić information content (AvgIpc) is 2.94. The van der Waals surface area contributed by atoms with E-state index in [-0.39, 0.29) is 0 Å². The van der Waals surface area contributed by atoms with Crippen LogP contribution in [0.2, 0.25) is 0 Å². The van der Waals surface area contributed by atoms with Crippen LogP contribution in [0.4, 0.5) is 0 Å². The Kier molecular flexibility index (Phi) is 16.5. The van der Waals surface area contributed by atoms with Crippen molar-refractivity contribution in [3.63, 3.8) is 0 Å². The summed E-state index contributed by atoms with van der Waals surface area (Å²) in [6.45, 7) is 25.8. The molecule has 0 atom stereocenters. The van der Waals surface area contributed by atoms with Crippen LogP contribution in [0.3, 0.4) is 0 Å². The van der Waals surface area contributed by atoms with Gasteiger partial charge in [0, 0.05) is 62.9 Å². The normalized spacial score (nSPS) is 13.6. The van der Waals surface area contributed by atoms with Crippen LogP contribution in [-0.4, -0.2) is 79.8 Å². The van der Waals surface area contributed by atoms with Gasteiger partial charge in [-0.2, -0.15) is 0 Å². The molecule has 0 bridgehead atoms. The molecular weight excluding hydrogens is 502 g/mol. The number of hydrogen-bond acceptors (Lipinski definition) is 5. The van der Waals surface area contributed by atoms with Gasteiger partial charge >= 0.3 is 0 Å².